The predicted octanol–water partition coefficient (Wildman–Crippen LogP) is 4.96. The molecule has 0 aliphatic rings. The number of carbonyl (C=O) groups is 2. The minimum Gasteiger partial charge on any atom is -0.454 e. The summed E-state index contributed by atoms with van der Waals surface area (Å²) in [6, 6.07) is 17.2. The lowest BCUT2D eigenvalue weighted by atomic mass is 9.86. The average Bonchev–Trinajstić information content (AvgIpc) is 2.77. The molecule has 0 atom stereocenters. The molecule has 33 heavy (non-hydrogen) atoms. The number of para-hydroxylation sites is 1. The molecule has 0 heterocycles. The highest BCUT2D eigenvalue weighted by atomic mass is 32.2. The van der Waals surface area contributed by atoms with Crippen molar-refractivity contribution in [1.29, 1.82) is 0 Å². The number of ketones is 1. The molecule has 0 aliphatic carbocycles. The second-order valence-corrected chi connectivity index (χ2v) is 10.1. The number of hydrogen-bond donors (Lipinski definition) is 1. The molecular formula is C25H24FNO5S. The Hall–Kier alpha value is -3.52. The van der Waals surface area contributed by atoms with Gasteiger partial charge < -0.3 is 4.74 Å². The van der Waals surface area contributed by atoms with Crippen molar-refractivity contribution in [2.24, 2.45) is 0 Å². The quantitative estimate of drug-likeness (QED) is 0.390. The van der Waals surface area contributed by atoms with Crippen LogP contribution in [0.4, 0.5) is 10.1 Å². The number of ether oxygens (including phenoxy) is 1. The number of halogens is 1. The first-order chi connectivity index (χ1) is 15.5. The summed E-state index contributed by atoms with van der Waals surface area (Å²) < 4.78 is 45.8. The topological polar surface area (TPSA) is 89.5 Å². The third kappa shape index (κ3) is 6.04. The van der Waals surface area contributed by atoms with Gasteiger partial charge in [-0.3, -0.25) is 9.52 Å². The fraction of sp³-hybridized carbons (Fsp3) is 0.200. The highest BCUT2D eigenvalue weighted by molar-refractivity contribution is 7.92. The lowest BCUT2D eigenvalue weighted by Crippen LogP contribution is -2.18. The van der Waals surface area contributed by atoms with Crippen molar-refractivity contribution in [3.05, 3.63) is 95.3 Å². The molecule has 0 aliphatic heterocycles. The Kier molecular flexibility index (Phi) is 6.98. The molecule has 0 aromatic heterocycles. The maximum absolute atomic E-state index is 13.1. The number of rotatable bonds is 7. The molecule has 3 aromatic rings. The number of anilines is 1. The third-order valence-corrected chi connectivity index (χ3v) is 6.30. The van der Waals surface area contributed by atoms with Gasteiger partial charge in [-0.25, -0.2) is 17.6 Å². The van der Waals surface area contributed by atoms with Crippen LogP contribution in [-0.2, 0) is 20.2 Å². The van der Waals surface area contributed by atoms with E-state index in [0.717, 1.165) is 29.8 Å². The summed E-state index contributed by atoms with van der Waals surface area (Å²) in [5, 5.41) is 0. The Morgan fingerprint density at radius 2 is 1.52 bits per heavy atom. The summed E-state index contributed by atoms with van der Waals surface area (Å²) >= 11 is 0. The summed E-state index contributed by atoms with van der Waals surface area (Å²) in [4.78, 5) is 24.9. The molecule has 0 saturated carbocycles. The molecule has 0 unspecified atom stereocenters. The molecule has 3 rings (SSSR count). The normalized spacial score (nSPS) is 11.6. The van der Waals surface area contributed by atoms with Crippen molar-refractivity contribution < 1.29 is 27.1 Å². The Morgan fingerprint density at radius 3 is 2.12 bits per heavy atom. The van der Waals surface area contributed by atoms with E-state index in [-0.39, 0.29) is 27.3 Å². The van der Waals surface area contributed by atoms with Crippen LogP contribution in [0.15, 0.2) is 77.7 Å². The van der Waals surface area contributed by atoms with E-state index in [1.807, 2.05) is 12.1 Å². The minimum atomic E-state index is -4.07. The maximum Gasteiger partial charge on any atom is 0.340 e. The molecule has 172 valence electrons. The minimum absolute atomic E-state index is 0.0196. The van der Waals surface area contributed by atoms with Gasteiger partial charge in [0.1, 0.15) is 5.82 Å². The van der Waals surface area contributed by atoms with E-state index in [9.17, 15) is 22.4 Å². The summed E-state index contributed by atoms with van der Waals surface area (Å²) in [6.07, 6.45) is 0. The molecule has 0 saturated heterocycles. The van der Waals surface area contributed by atoms with Gasteiger partial charge >= 0.3 is 5.97 Å². The summed E-state index contributed by atoms with van der Waals surface area (Å²) in [7, 11) is -4.07. The van der Waals surface area contributed by atoms with Gasteiger partial charge in [-0.2, -0.15) is 0 Å². The molecule has 8 heteroatoms. The molecular weight excluding hydrogens is 445 g/mol. The van der Waals surface area contributed by atoms with Crippen molar-refractivity contribution >= 4 is 27.5 Å². The highest BCUT2D eigenvalue weighted by Crippen LogP contribution is 2.23. The largest absolute Gasteiger partial charge is 0.454 e. The SMILES string of the molecule is CC(C)(C)c1ccc(C(=O)COC(=O)c2ccccc2NS(=O)(=O)c2ccc(F)cc2)cc1. The highest BCUT2D eigenvalue weighted by Gasteiger charge is 2.21. The van der Waals surface area contributed by atoms with Crippen LogP contribution < -0.4 is 4.72 Å². The number of esters is 1. The zero-order chi connectivity index (χ0) is 24.2. The Balaban J connectivity index is 1.71. The van der Waals surface area contributed by atoms with Gasteiger partial charge in [0.15, 0.2) is 12.4 Å². The van der Waals surface area contributed by atoms with Crippen LogP contribution in [0.1, 0.15) is 47.1 Å². The van der Waals surface area contributed by atoms with Crippen LogP contribution in [0.5, 0.6) is 0 Å². The second kappa shape index (κ2) is 9.54. The van der Waals surface area contributed by atoms with Crippen molar-refractivity contribution in [3.63, 3.8) is 0 Å². The van der Waals surface area contributed by atoms with Crippen molar-refractivity contribution in [3.8, 4) is 0 Å². The van der Waals surface area contributed by atoms with Crippen LogP contribution >= 0.6 is 0 Å². The zero-order valence-electron chi connectivity index (χ0n) is 18.5. The monoisotopic (exact) mass is 469 g/mol. The van der Waals surface area contributed by atoms with E-state index in [1.165, 1.54) is 12.1 Å². The van der Waals surface area contributed by atoms with E-state index >= 15 is 0 Å². The fourth-order valence-electron chi connectivity index (χ4n) is 3.02. The van der Waals surface area contributed by atoms with Crippen LogP contribution in [0.25, 0.3) is 0 Å². The summed E-state index contributed by atoms with van der Waals surface area (Å²) in [6.45, 7) is 5.70. The van der Waals surface area contributed by atoms with Gasteiger partial charge in [-0.1, -0.05) is 57.2 Å². The average molecular weight is 470 g/mol. The van der Waals surface area contributed by atoms with Gasteiger partial charge in [0.25, 0.3) is 10.0 Å². The first-order valence-corrected chi connectivity index (χ1v) is 11.6. The lowest BCUT2D eigenvalue weighted by Gasteiger charge is -2.19. The molecule has 3 aromatic carbocycles. The van der Waals surface area contributed by atoms with Gasteiger partial charge in [0, 0.05) is 5.56 Å². The molecule has 0 radical (unpaired) electrons. The third-order valence-electron chi connectivity index (χ3n) is 4.92. The van der Waals surface area contributed by atoms with Gasteiger partial charge in [0.05, 0.1) is 16.1 Å². The number of Topliss-reactive ketones (excluding diaryl/α,β-unsaturated/α-hetero) is 1. The van der Waals surface area contributed by atoms with E-state index < -0.39 is 28.4 Å². The van der Waals surface area contributed by atoms with E-state index in [1.54, 1.807) is 24.3 Å². The first kappa shape index (κ1) is 24.1. The predicted molar refractivity (Wildman–Crippen MR) is 123 cm³/mol. The molecule has 1 N–H and O–H groups in total. The molecule has 0 amide bonds. The number of benzene rings is 3. The van der Waals surface area contributed by atoms with Crippen LogP contribution in [0.3, 0.4) is 0 Å². The lowest BCUT2D eigenvalue weighted by molar-refractivity contribution is 0.0476. The molecule has 6 nitrogen and oxygen atoms in total. The number of sulfonamides is 1. The van der Waals surface area contributed by atoms with Crippen molar-refractivity contribution in [1.82, 2.24) is 0 Å². The Labute approximate surface area is 192 Å². The molecule has 0 spiro atoms. The van der Waals surface area contributed by atoms with Crippen molar-refractivity contribution in [2.75, 3.05) is 11.3 Å². The maximum atomic E-state index is 13.1. The summed E-state index contributed by atoms with van der Waals surface area (Å²) in [5.74, 6) is -1.81. The zero-order valence-corrected chi connectivity index (χ0v) is 19.3. The van der Waals surface area contributed by atoms with Gasteiger partial charge in [-0.15, -0.1) is 0 Å². The number of hydrogen-bond acceptors (Lipinski definition) is 5. The number of carbonyl (C=O) groups excluding carboxylic acids is 2. The standard InChI is InChI=1S/C25H24FNO5S/c1-25(2,3)18-10-8-17(9-11-18)23(28)16-32-24(29)21-6-4-5-7-22(21)27-33(30,31)20-14-12-19(26)13-15-20/h4-15,27H,16H2,1-3H3. The molecule has 0 fully saturated rings. The van der Waals surface area contributed by atoms with E-state index in [0.29, 0.717) is 5.56 Å². The van der Waals surface area contributed by atoms with E-state index in [4.69, 9.17) is 4.74 Å². The number of nitrogens with one attached hydrogen (secondary N) is 1. The Bertz CT molecular complexity index is 1260. The second-order valence-electron chi connectivity index (χ2n) is 8.43. The Morgan fingerprint density at radius 1 is 0.909 bits per heavy atom. The van der Waals surface area contributed by atoms with Gasteiger partial charge in [0.2, 0.25) is 0 Å². The van der Waals surface area contributed by atoms with Crippen LogP contribution in [0.2, 0.25) is 0 Å². The van der Waals surface area contributed by atoms with Gasteiger partial charge in [-0.05, 0) is 47.4 Å². The fourth-order valence-corrected chi connectivity index (χ4v) is 4.10. The van der Waals surface area contributed by atoms with Crippen LogP contribution in [0, 0.1) is 5.82 Å². The first-order valence-electron chi connectivity index (χ1n) is 10.2. The van der Waals surface area contributed by atoms with E-state index in [2.05, 4.69) is 25.5 Å². The van der Waals surface area contributed by atoms with Crippen LogP contribution in [-0.4, -0.2) is 26.8 Å². The summed E-state index contributed by atoms with van der Waals surface area (Å²) in [5.41, 5.74) is 1.34. The smallest absolute Gasteiger partial charge is 0.340 e. The molecule has 0 bridgehead atoms. The van der Waals surface area contributed by atoms with Crippen molar-refractivity contribution in [2.45, 2.75) is 31.1 Å².